The van der Waals surface area contributed by atoms with Gasteiger partial charge in [-0.15, -0.1) is 0 Å². The van der Waals surface area contributed by atoms with Crippen molar-refractivity contribution in [2.24, 2.45) is 88.8 Å². The smallest absolute Gasteiger partial charge is 0.0219 e. The lowest BCUT2D eigenvalue weighted by Gasteiger charge is -2.24. The molecule has 6 saturated carbocycles. The second-order valence-corrected chi connectivity index (χ2v) is 33.9. The fourth-order valence-corrected chi connectivity index (χ4v) is 12.8. The number of hydrogen-bond acceptors (Lipinski definition) is 0. The molecule has 688 valence electrons. The third kappa shape index (κ3) is 108. The second-order valence-electron chi connectivity index (χ2n) is 33.9. The van der Waals surface area contributed by atoms with E-state index in [4.69, 9.17) is 0 Å². The standard InChI is InChI=1S/3C9H18.3C9H12.3C8H16.3C5H12.9C2H6.2CH4/c6*1-8(2)9-6-4-3-5-7-9;3*1-7(2)8-5-3-4-6-8;3*1-4-5(2)3;9*1-2;;/h3*8-9H,3-7H2,1-2H3;3*3-8H,1-2H3;3*7-8H,3-6H2,1-2H3;3*5H,4H2,1-3H3;9*1-2H3;2*1H4. The van der Waals surface area contributed by atoms with Crippen LogP contribution >= 0.6 is 0 Å². The second kappa shape index (κ2) is 116. The molecule has 113 heavy (non-hydrogen) atoms. The summed E-state index contributed by atoms with van der Waals surface area (Å²) in [6.45, 7) is 97.4. The topological polar surface area (TPSA) is 0 Å². The number of rotatable bonds is 12. The molecule has 0 heterocycles. The molecule has 9 rings (SSSR count). The van der Waals surface area contributed by atoms with Crippen LogP contribution in [0.15, 0.2) is 91.0 Å². The normalized spacial score (nSPS) is 14.5. The molecule has 0 aromatic heterocycles. The maximum atomic E-state index is 2.36. The SMILES string of the molecule is C.C.CC.CC.CC.CC.CC.CC.CC.CC.CC.CC(C)C1CCCC1.CC(C)C1CCCC1.CC(C)C1CCCC1.CC(C)C1CCCCC1.CC(C)C1CCCCC1.CC(C)C1CCCCC1.CC(C)c1ccccc1.CC(C)c1ccccc1.CC(C)c1ccccc1.CCC(C)C.CCC(C)C.CCC(C)C. The molecule has 3 aromatic rings. The van der Waals surface area contributed by atoms with Gasteiger partial charge in [-0.05, 0) is 123 Å². The third-order valence-electron chi connectivity index (χ3n) is 21.7. The molecule has 0 heteroatoms. The molecular formula is C113H236. The van der Waals surface area contributed by atoms with Gasteiger partial charge in [0.25, 0.3) is 0 Å². The minimum absolute atomic E-state index is 0. The molecule has 0 atom stereocenters. The van der Waals surface area contributed by atoms with Crippen molar-refractivity contribution in [3.8, 4) is 0 Å². The highest BCUT2D eigenvalue weighted by Crippen LogP contribution is 2.34. The summed E-state index contributed by atoms with van der Waals surface area (Å²) in [5.41, 5.74) is 4.24. The minimum atomic E-state index is 0. The van der Waals surface area contributed by atoms with Crippen molar-refractivity contribution < 1.29 is 0 Å². The highest BCUT2D eigenvalue weighted by molar-refractivity contribution is 5.19. The molecule has 0 unspecified atom stereocenters. The van der Waals surface area contributed by atoms with Crippen molar-refractivity contribution >= 4 is 0 Å². The summed E-state index contributed by atoms with van der Waals surface area (Å²) < 4.78 is 0. The number of hydrogen-bond donors (Lipinski definition) is 0. The zero-order valence-electron chi connectivity index (χ0n) is 86.8. The molecule has 6 aliphatic rings. The van der Waals surface area contributed by atoms with Gasteiger partial charge in [0, 0.05) is 0 Å². The van der Waals surface area contributed by atoms with Crippen molar-refractivity contribution in [3.63, 3.8) is 0 Å². The van der Waals surface area contributed by atoms with Crippen molar-refractivity contribution in [1.82, 2.24) is 0 Å². The van der Waals surface area contributed by atoms with Crippen LogP contribution < -0.4 is 0 Å². The lowest BCUT2D eigenvalue weighted by molar-refractivity contribution is 0.279. The van der Waals surface area contributed by atoms with Gasteiger partial charge in [-0.2, -0.15) is 0 Å². The van der Waals surface area contributed by atoms with Gasteiger partial charge in [0.2, 0.25) is 0 Å². The quantitative estimate of drug-likeness (QED) is 0.170. The molecule has 0 nitrogen and oxygen atoms in total. The zero-order chi connectivity index (χ0) is 88.9. The van der Waals surface area contributed by atoms with E-state index in [1.807, 2.05) is 143 Å². The van der Waals surface area contributed by atoms with Gasteiger partial charge in [0.1, 0.15) is 0 Å². The molecule has 3 aromatic carbocycles. The molecule has 0 aliphatic heterocycles. The summed E-state index contributed by atoms with van der Waals surface area (Å²) in [6, 6.07) is 31.6. The maximum Gasteiger partial charge on any atom is -0.0219 e. The van der Waals surface area contributed by atoms with Crippen LogP contribution in [-0.4, -0.2) is 0 Å². The van der Waals surface area contributed by atoms with E-state index in [1.165, 1.54) is 209 Å². The first-order valence-electron chi connectivity index (χ1n) is 50.2. The van der Waals surface area contributed by atoms with Crippen LogP contribution in [0.3, 0.4) is 0 Å². The average Bonchev–Trinajstić information content (AvgIpc) is 1.75. The van der Waals surface area contributed by atoms with Crippen LogP contribution in [0.5, 0.6) is 0 Å². The Labute approximate surface area is 728 Å². The van der Waals surface area contributed by atoms with Gasteiger partial charge < -0.3 is 0 Å². The molecular weight excluding hydrogens is 1360 g/mol. The minimum Gasteiger partial charge on any atom is -0.0776 e. The Balaban J connectivity index is -0.0000000775. The van der Waals surface area contributed by atoms with Gasteiger partial charge in [-0.3, -0.25) is 0 Å². The van der Waals surface area contributed by atoms with Gasteiger partial charge in [0.15, 0.2) is 0 Å². The highest BCUT2D eigenvalue weighted by Gasteiger charge is 2.21. The zero-order valence-corrected chi connectivity index (χ0v) is 86.8. The first-order chi connectivity index (χ1) is 53.1. The molecule has 0 amide bonds. The number of benzene rings is 3. The van der Waals surface area contributed by atoms with Crippen LogP contribution in [0.2, 0.25) is 0 Å². The predicted molar refractivity (Wildman–Crippen MR) is 547 cm³/mol. The molecule has 0 N–H and O–H groups in total. The van der Waals surface area contributed by atoms with Crippen molar-refractivity contribution in [2.75, 3.05) is 0 Å². The van der Waals surface area contributed by atoms with E-state index < -0.39 is 0 Å². The van der Waals surface area contributed by atoms with Crippen molar-refractivity contribution in [2.45, 2.75) is 537 Å². The van der Waals surface area contributed by atoms with E-state index in [1.54, 1.807) is 0 Å². The fraction of sp³-hybridized carbons (Fsp3) is 0.841. The Bertz CT molecular complexity index is 1630. The lowest BCUT2D eigenvalue weighted by atomic mass is 9.82. The molecule has 6 aliphatic carbocycles. The van der Waals surface area contributed by atoms with Crippen LogP contribution in [0.1, 0.15) is 553 Å². The first kappa shape index (κ1) is 142. The Hall–Kier alpha value is -2.34. The van der Waals surface area contributed by atoms with Gasteiger partial charge in [0.05, 0.1) is 0 Å². The van der Waals surface area contributed by atoms with Crippen molar-refractivity contribution in [3.05, 3.63) is 108 Å². The molecule has 0 radical (unpaired) electrons. The summed E-state index contributed by atoms with van der Waals surface area (Å²) >= 11 is 0. The van der Waals surface area contributed by atoms with Crippen LogP contribution in [0, 0.1) is 88.8 Å². The van der Waals surface area contributed by atoms with E-state index in [-0.39, 0.29) is 14.9 Å². The van der Waals surface area contributed by atoms with E-state index >= 15 is 0 Å². The van der Waals surface area contributed by atoms with Gasteiger partial charge >= 0.3 is 0 Å². The van der Waals surface area contributed by atoms with E-state index in [0.29, 0.717) is 17.8 Å². The molecule has 0 saturated heterocycles. The first-order valence-corrected chi connectivity index (χ1v) is 50.2. The Morgan fingerprint density at radius 1 is 0.186 bits per heavy atom. The lowest BCUT2D eigenvalue weighted by Crippen LogP contribution is -2.12. The summed E-state index contributed by atoms with van der Waals surface area (Å²) in [6.07, 6.45) is 44.2. The maximum absolute atomic E-state index is 2.36. The highest BCUT2D eigenvalue weighted by atomic mass is 14.3. The fourth-order valence-electron chi connectivity index (χ4n) is 12.8. The Morgan fingerprint density at radius 3 is 0.345 bits per heavy atom. The molecule has 0 spiro atoms. The van der Waals surface area contributed by atoms with Gasteiger partial charge in [-0.1, -0.05) is 610 Å². The summed E-state index contributed by atoms with van der Waals surface area (Å²) in [7, 11) is 0. The van der Waals surface area contributed by atoms with E-state index in [0.717, 1.165) is 88.8 Å². The van der Waals surface area contributed by atoms with Gasteiger partial charge in [-0.25, -0.2) is 0 Å². The van der Waals surface area contributed by atoms with Crippen LogP contribution in [0.4, 0.5) is 0 Å². The molecule has 6 fully saturated rings. The summed E-state index contributed by atoms with van der Waals surface area (Å²) in [4.78, 5) is 0. The van der Waals surface area contributed by atoms with E-state index in [9.17, 15) is 0 Å². The summed E-state index contributed by atoms with van der Waals surface area (Å²) in [5.74, 6) is 16.6. The predicted octanol–water partition coefficient (Wildman–Crippen LogP) is 43.3. The van der Waals surface area contributed by atoms with Crippen LogP contribution in [-0.2, 0) is 0 Å². The van der Waals surface area contributed by atoms with E-state index in [2.05, 4.69) is 260 Å². The molecule has 0 bridgehead atoms. The monoisotopic (exact) mass is 1590 g/mol. The Morgan fingerprint density at radius 2 is 0.283 bits per heavy atom. The summed E-state index contributed by atoms with van der Waals surface area (Å²) in [5, 5.41) is 0. The Kier molecular flexibility index (Phi) is 146. The largest absolute Gasteiger partial charge is 0.0776 e. The van der Waals surface area contributed by atoms with Crippen LogP contribution in [0.25, 0.3) is 0 Å². The third-order valence-corrected chi connectivity index (χ3v) is 21.7. The van der Waals surface area contributed by atoms with Crippen molar-refractivity contribution in [1.29, 1.82) is 0 Å². The average molecular weight is 1600 g/mol.